The molecule has 0 heterocycles. The summed E-state index contributed by atoms with van der Waals surface area (Å²) in [6, 6.07) is 9.93. The summed E-state index contributed by atoms with van der Waals surface area (Å²) in [4.78, 5) is 11.5. The summed E-state index contributed by atoms with van der Waals surface area (Å²) in [6.07, 6.45) is 3.11. The van der Waals surface area contributed by atoms with Crippen molar-refractivity contribution in [3.05, 3.63) is 48.0 Å². The van der Waals surface area contributed by atoms with Crippen molar-refractivity contribution in [3.63, 3.8) is 0 Å². The van der Waals surface area contributed by atoms with Gasteiger partial charge in [0.2, 0.25) is 0 Å². The Hall–Kier alpha value is -1.57. The lowest BCUT2D eigenvalue weighted by Crippen LogP contribution is -2.22. The zero-order chi connectivity index (χ0) is 13.6. The monoisotopic (exact) mass is 233 g/mol. The molecule has 1 aromatic rings. The summed E-state index contributed by atoms with van der Waals surface area (Å²) in [6.45, 7) is 5.38. The summed E-state index contributed by atoms with van der Waals surface area (Å²) >= 11 is 0. The highest BCUT2D eigenvalue weighted by Crippen LogP contribution is 2.08. The van der Waals surface area contributed by atoms with Crippen LogP contribution in [0.5, 0.6) is 0 Å². The number of rotatable bonds is 4. The molecule has 0 atom stereocenters. The highest BCUT2D eigenvalue weighted by Gasteiger charge is 2.13. The Morgan fingerprint density at radius 1 is 1.35 bits per heavy atom. The van der Waals surface area contributed by atoms with E-state index in [-0.39, 0.29) is 6.05 Å². The fourth-order valence-electron chi connectivity index (χ4n) is 1.35. The van der Waals surface area contributed by atoms with Gasteiger partial charge in [0.15, 0.2) is 0 Å². The third-order valence-electron chi connectivity index (χ3n) is 2.04. The highest BCUT2D eigenvalue weighted by molar-refractivity contribution is 5.82. The third kappa shape index (κ3) is 6.56. The first-order valence-electron chi connectivity index (χ1n) is 6.32. The van der Waals surface area contributed by atoms with E-state index in [2.05, 4.69) is 0 Å². The predicted octanol–water partition coefficient (Wildman–Crippen LogP) is 3.52. The Labute approximate surface area is 105 Å². The molecule has 17 heavy (non-hydrogen) atoms. The minimum absolute atomic E-state index is 0.0687. The van der Waals surface area contributed by atoms with Crippen LogP contribution in [0.15, 0.2) is 42.5 Å². The summed E-state index contributed by atoms with van der Waals surface area (Å²) in [7, 11) is 0. The van der Waals surface area contributed by atoms with Crippen molar-refractivity contribution >= 4 is 5.97 Å². The predicted molar refractivity (Wildman–Crippen MR) is 69.7 cm³/mol. The number of ether oxygens (including phenoxy) is 1. The lowest BCUT2D eigenvalue weighted by molar-refractivity contribution is -0.148. The van der Waals surface area contributed by atoms with Gasteiger partial charge in [0.1, 0.15) is 5.60 Å². The molecule has 0 saturated heterocycles. The van der Waals surface area contributed by atoms with E-state index in [9.17, 15) is 4.79 Å². The summed E-state index contributed by atoms with van der Waals surface area (Å²) in [5.74, 6) is -0.560. The summed E-state index contributed by atoms with van der Waals surface area (Å²) in [5.41, 5.74) is 0.655. The van der Waals surface area contributed by atoms with Crippen molar-refractivity contribution in [3.8, 4) is 0 Å². The number of hydrogen-bond acceptors (Lipinski definition) is 2. The molecule has 2 heteroatoms. The molecule has 0 aliphatic carbocycles. The first-order chi connectivity index (χ1) is 8.38. The first-order valence-corrected chi connectivity index (χ1v) is 5.82. The van der Waals surface area contributed by atoms with Crippen LogP contribution in [0.4, 0.5) is 0 Å². The van der Waals surface area contributed by atoms with Crippen LogP contribution in [-0.4, -0.2) is 11.6 Å². The molecule has 1 aromatic carbocycles. The zero-order valence-electron chi connectivity index (χ0n) is 11.7. The van der Waals surface area contributed by atoms with Crippen LogP contribution in [0.2, 0.25) is 0 Å². The van der Waals surface area contributed by atoms with Gasteiger partial charge in [-0.2, -0.15) is 0 Å². The van der Waals surface area contributed by atoms with Crippen molar-refractivity contribution in [2.75, 3.05) is 0 Å². The van der Waals surface area contributed by atoms with Crippen molar-refractivity contribution in [2.24, 2.45) is 0 Å². The molecule has 0 saturated carbocycles. The quantitative estimate of drug-likeness (QED) is 0.587. The minimum Gasteiger partial charge on any atom is -0.457 e. The van der Waals surface area contributed by atoms with E-state index >= 15 is 0 Å². The van der Waals surface area contributed by atoms with Gasteiger partial charge in [-0.15, -0.1) is 0 Å². The van der Waals surface area contributed by atoms with Gasteiger partial charge in [0.25, 0.3) is 0 Å². The summed E-state index contributed by atoms with van der Waals surface area (Å²) in [5, 5.41) is 0. The van der Waals surface area contributed by atoms with Crippen molar-refractivity contribution < 1.29 is 10.9 Å². The van der Waals surface area contributed by atoms with Crippen LogP contribution in [0.1, 0.15) is 34.1 Å². The Balaban J connectivity index is 2.45. The van der Waals surface area contributed by atoms with Gasteiger partial charge in [-0.25, -0.2) is 4.79 Å². The fourth-order valence-corrected chi connectivity index (χ4v) is 1.35. The number of aryl methyl sites for hydroxylation is 1. The Kier molecular flexibility index (Phi) is 4.37. The standard InChI is InChI=1S/C15H20O2/c1-15(2,3)17-14(16)12-8-7-11-13-9-5-4-6-10-13/h4-6,8-10,12H,7,11H2,1-3H3/b12-8-/i12D. The molecule has 0 aromatic heterocycles. The maximum Gasteiger partial charge on any atom is 0.330 e. The van der Waals surface area contributed by atoms with Crippen molar-refractivity contribution in [2.45, 2.75) is 39.2 Å². The number of benzene rings is 1. The molecule has 2 nitrogen and oxygen atoms in total. The molecule has 0 spiro atoms. The Bertz CT molecular complexity index is 416. The fraction of sp³-hybridized carbons (Fsp3) is 0.400. The maximum absolute atomic E-state index is 11.5. The van der Waals surface area contributed by atoms with E-state index in [0.717, 1.165) is 6.42 Å². The van der Waals surface area contributed by atoms with Gasteiger partial charge in [-0.05, 0) is 39.2 Å². The second-order valence-electron chi connectivity index (χ2n) is 4.87. The molecule has 0 radical (unpaired) electrons. The number of hydrogen-bond donors (Lipinski definition) is 0. The molecule has 92 valence electrons. The van der Waals surface area contributed by atoms with Gasteiger partial charge < -0.3 is 4.74 Å². The molecule has 0 unspecified atom stereocenters. The molecule has 0 aliphatic rings. The molecule has 0 amide bonds. The van der Waals surface area contributed by atoms with E-state index in [4.69, 9.17) is 6.11 Å². The Morgan fingerprint density at radius 3 is 2.59 bits per heavy atom. The number of esters is 1. The van der Waals surface area contributed by atoms with Gasteiger partial charge in [0, 0.05) is 6.05 Å². The molecule has 0 bridgehead atoms. The number of allylic oxidation sites excluding steroid dienone is 1. The number of carbonyl (C=O) groups is 1. The molecular weight excluding hydrogens is 212 g/mol. The van der Waals surface area contributed by atoms with Gasteiger partial charge in [-0.3, -0.25) is 0 Å². The van der Waals surface area contributed by atoms with E-state index in [1.165, 1.54) is 5.56 Å². The average Bonchev–Trinajstić information content (AvgIpc) is 2.28. The lowest BCUT2D eigenvalue weighted by Gasteiger charge is -2.17. The minimum atomic E-state index is -0.560. The highest BCUT2D eigenvalue weighted by atomic mass is 16.6. The molecular formula is C15H20O2. The topological polar surface area (TPSA) is 26.3 Å². The SMILES string of the molecule is [2H]/C(=C/CCc1ccccc1)C(=O)OC(C)(C)C. The van der Waals surface area contributed by atoms with E-state index in [1.54, 1.807) is 26.8 Å². The smallest absolute Gasteiger partial charge is 0.330 e. The van der Waals surface area contributed by atoms with Crippen molar-refractivity contribution in [1.82, 2.24) is 0 Å². The van der Waals surface area contributed by atoms with Crippen LogP contribution < -0.4 is 0 Å². The maximum atomic E-state index is 11.5. The zero-order valence-corrected chi connectivity index (χ0v) is 10.7. The normalized spacial score (nSPS) is 13.1. The van der Waals surface area contributed by atoms with E-state index < -0.39 is 11.6 Å². The first kappa shape index (κ1) is 11.9. The van der Waals surface area contributed by atoms with Crippen LogP contribution in [-0.2, 0) is 16.0 Å². The van der Waals surface area contributed by atoms with Gasteiger partial charge in [-0.1, -0.05) is 36.4 Å². The summed E-state index contributed by atoms with van der Waals surface area (Å²) < 4.78 is 12.7. The van der Waals surface area contributed by atoms with Gasteiger partial charge >= 0.3 is 5.97 Å². The molecule has 0 fully saturated rings. The van der Waals surface area contributed by atoms with Crippen LogP contribution in [0.25, 0.3) is 0 Å². The molecule has 1 rings (SSSR count). The molecule has 0 N–H and O–H groups in total. The number of carbonyl (C=O) groups excluding carboxylic acids is 1. The Morgan fingerprint density at radius 2 is 2.00 bits per heavy atom. The van der Waals surface area contributed by atoms with E-state index in [0.29, 0.717) is 6.42 Å². The molecule has 0 aliphatic heterocycles. The third-order valence-corrected chi connectivity index (χ3v) is 2.04. The van der Waals surface area contributed by atoms with Crippen LogP contribution in [0.3, 0.4) is 0 Å². The van der Waals surface area contributed by atoms with Crippen molar-refractivity contribution in [1.29, 1.82) is 0 Å². The second-order valence-corrected chi connectivity index (χ2v) is 4.87. The van der Waals surface area contributed by atoms with E-state index in [1.807, 2.05) is 30.3 Å². The lowest BCUT2D eigenvalue weighted by atomic mass is 10.1. The average molecular weight is 233 g/mol. The largest absolute Gasteiger partial charge is 0.457 e. The second kappa shape index (κ2) is 6.24. The van der Waals surface area contributed by atoms with Crippen LogP contribution >= 0.6 is 0 Å². The van der Waals surface area contributed by atoms with Gasteiger partial charge in [0.05, 0.1) is 1.37 Å². The van der Waals surface area contributed by atoms with Crippen LogP contribution in [0, 0.1) is 0 Å².